The van der Waals surface area contributed by atoms with Gasteiger partial charge in [-0.25, -0.2) is 4.79 Å². The number of hydrogen-bond acceptors (Lipinski definition) is 5. The first-order chi connectivity index (χ1) is 16.4. The standard InChI is InChI=1S/C25H34N4O5/c1-2-19(18-10-4-5-11-20(18)34-17-22(31)28-14-8-9-15-28)26-21(30)16-29-23(32)25(27-24(29)33)12-6-3-7-13-25/h4-5,10-11,19H,2-3,6-9,12-17H2,1H3,(H,26,30)(H,27,33). The molecular formula is C25H34N4O5. The third-order valence-electron chi connectivity index (χ3n) is 7.10. The summed E-state index contributed by atoms with van der Waals surface area (Å²) in [4.78, 5) is 53.6. The molecule has 1 atom stereocenters. The summed E-state index contributed by atoms with van der Waals surface area (Å²) in [6.45, 7) is 3.09. The molecule has 3 fully saturated rings. The Morgan fingerprint density at radius 2 is 1.79 bits per heavy atom. The van der Waals surface area contributed by atoms with Gasteiger partial charge in [-0.1, -0.05) is 44.4 Å². The molecule has 34 heavy (non-hydrogen) atoms. The van der Waals surface area contributed by atoms with Gasteiger partial charge in [-0.05, 0) is 38.2 Å². The summed E-state index contributed by atoms with van der Waals surface area (Å²) in [5, 5.41) is 5.77. The molecule has 5 amide bonds. The number of rotatable bonds is 8. The smallest absolute Gasteiger partial charge is 0.325 e. The molecule has 0 radical (unpaired) electrons. The van der Waals surface area contributed by atoms with Crippen molar-refractivity contribution < 1.29 is 23.9 Å². The molecule has 1 aliphatic carbocycles. The second kappa shape index (κ2) is 10.4. The van der Waals surface area contributed by atoms with E-state index >= 15 is 0 Å². The number of para-hydroxylation sites is 1. The zero-order valence-corrected chi connectivity index (χ0v) is 19.8. The zero-order chi connectivity index (χ0) is 24.1. The van der Waals surface area contributed by atoms with E-state index in [-0.39, 0.29) is 31.0 Å². The molecule has 2 N–H and O–H groups in total. The molecule has 4 rings (SSSR count). The molecule has 0 bridgehead atoms. The van der Waals surface area contributed by atoms with Crippen molar-refractivity contribution in [1.82, 2.24) is 20.4 Å². The van der Waals surface area contributed by atoms with Crippen LogP contribution in [0.4, 0.5) is 4.79 Å². The molecule has 3 aliphatic rings. The zero-order valence-electron chi connectivity index (χ0n) is 19.8. The number of nitrogens with zero attached hydrogens (tertiary/aromatic N) is 2. The first-order valence-corrected chi connectivity index (χ1v) is 12.4. The van der Waals surface area contributed by atoms with Gasteiger partial charge in [0.2, 0.25) is 5.91 Å². The Bertz CT molecular complexity index is 937. The quantitative estimate of drug-likeness (QED) is 0.568. The fraction of sp³-hybridized carbons (Fsp3) is 0.600. The van der Waals surface area contributed by atoms with E-state index in [1.807, 2.05) is 25.1 Å². The summed E-state index contributed by atoms with van der Waals surface area (Å²) in [5.74, 6) is -0.214. The van der Waals surface area contributed by atoms with Crippen molar-refractivity contribution in [2.75, 3.05) is 26.2 Å². The van der Waals surface area contributed by atoms with Crippen LogP contribution in [0.25, 0.3) is 0 Å². The van der Waals surface area contributed by atoms with Crippen molar-refractivity contribution in [3.05, 3.63) is 29.8 Å². The fourth-order valence-corrected chi connectivity index (χ4v) is 5.19. The lowest BCUT2D eigenvalue weighted by atomic mass is 9.82. The van der Waals surface area contributed by atoms with Gasteiger partial charge in [0.05, 0.1) is 6.04 Å². The minimum absolute atomic E-state index is 0.0420. The number of carbonyl (C=O) groups is 4. The maximum Gasteiger partial charge on any atom is 0.325 e. The van der Waals surface area contributed by atoms with E-state index in [1.165, 1.54) is 0 Å². The largest absolute Gasteiger partial charge is 0.483 e. The summed E-state index contributed by atoms with van der Waals surface area (Å²) >= 11 is 0. The highest BCUT2D eigenvalue weighted by Crippen LogP contribution is 2.33. The van der Waals surface area contributed by atoms with Gasteiger partial charge in [-0.2, -0.15) is 0 Å². The van der Waals surface area contributed by atoms with Crippen LogP contribution < -0.4 is 15.4 Å². The molecule has 2 saturated heterocycles. The van der Waals surface area contributed by atoms with Crippen molar-refractivity contribution >= 4 is 23.8 Å². The molecule has 2 heterocycles. The van der Waals surface area contributed by atoms with Crippen molar-refractivity contribution in [1.29, 1.82) is 0 Å². The Kier molecular flexibility index (Phi) is 7.38. The molecule has 9 heteroatoms. The predicted octanol–water partition coefficient (Wildman–Crippen LogP) is 2.51. The molecule has 9 nitrogen and oxygen atoms in total. The van der Waals surface area contributed by atoms with E-state index in [2.05, 4.69) is 10.6 Å². The number of amides is 5. The van der Waals surface area contributed by atoms with Crippen LogP contribution in [0.15, 0.2) is 24.3 Å². The molecule has 1 unspecified atom stereocenters. The number of nitrogens with one attached hydrogen (secondary N) is 2. The van der Waals surface area contributed by atoms with Crippen LogP contribution in [-0.4, -0.2) is 65.3 Å². The normalized spacial score (nSPS) is 20.4. The molecular weight excluding hydrogens is 436 g/mol. The van der Waals surface area contributed by atoms with Crippen LogP contribution in [0.2, 0.25) is 0 Å². The second-order valence-electron chi connectivity index (χ2n) is 9.41. The van der Waals surface area contributed by atoms with Gasteiger partial charge in [0.15, 0.2) is 6.61 Å². The van der Waals surface area contributed by atoms with Crippen LogP contribution in [0.3, 0.4) is 0 Å². The van der Waals surface area contributed by atoms with E-state index in [4.69, 9.17) is 4.74 Å². The third-order valence-corrected chi connectivity index (χ3v) is 7.10. The number of ether oxygens (including phenoxy) is 1. The lowest BCUT2D eigenvalue weighted by molar-refractivity contribution is -0.136. The van der Waals surface area contributed by atoms with Crippen molar-refractivity contribution in [3.8, 4) is 5.75 Å². The first kappa shape index (κ1) is 24.0. The SMILES string of the molecule is CCC(NC(=O)CN1C(=O)NC2(CCCCC2)C1=O)c1ccccc1OCC(=O)N1CCCC1. The molecule has 1 spiro atoms. The van der Waals surface area contributed by atoms with E-state index in [0.717, 1.165) is 55.7 Å². The summed E-state index contributed by atoms with van der Waals surface area (Å²) in [6.07, 6.45) is 6.69. The minimum atomic E-state index is -0.845. The van der Waals surface area contributed by atoms with Gasteiger partial charge in [-0.15, -0.1) is 0 Å². The van der Waals surface area contributed by atoms with E-state index in [0.29, 0.717) is 25.0 Å². The van der Waals surface area contributed by atoms with Gasteiger partial charge in [0, 0.05) is 18.7 Å². The van der Waals surface area contributed by atoms with E-state index in [1.54, 1.807) is 11.0 Å². The fourth-order valence-electron chi connectivity index (χ4n) is 5.19. The molecule has 184 valence electrons. The number of benzene rings is 1. The summed E-state index contributed by atoms with van der Waals surface area (Å²) in [5.41, 5.74) is -0.0873. The molecule has 0 aromatic heterocycles. The van der Waals surface area contributed by atoms with Crippen LogP contribution in [0.1, 0.15) is 69.9 Å². The molecule has 1 saturated carbocycles. The van der Waals surface area contributed by atoms with Crippen molar-refractivity contribution in [2.45, 2.75) is 69.9 Å². The van der Waals surface area contributed by atoms with Gasteiger partial charge in [-0.3, -0.25) is 19.3 Å². The Balaban J connectivity index is 1.38. The number of imide groups is 1. The van der Waals surface area contributed by atoms with E-state index < -0.39 is 17.5 Å². The maximum absolute atomic E-state index is 13.0. The van der Waals surface area contributed by atoms with Crippen LogP contribution >= 0.6 is 0 Å². The lowest BCUT2D eigenvalue weighted by Gasteiger charge is -2.30. The van der Waals surface area contributed by atoms with Gasteiger partial charge < -0.3 is 20.3 Å². The highest BCUT2D eigenvalue weighted by molar-refractivity contribution is 6.09. The minimum Gasteiger partial charge on any atom is -0.483 e. The first-order valence-electron chi connectivity index (χ1n) is 12.4. The third kappa shape index (κ3) is 5.03. The number of carbonyl (C=O) groups excluding carboxylic acids is 4. The maximum atomic E-state index is 13.0. The Labute approximate surface area is 200 Å². The van der Waals surface area contributed by atoms with Gasteiger partial charge in [0.1, 0.15) is 17.8 Å². The number of hydrogen-bond donors (Lipinski definition) is 2. The van der Waals surface area contributed by atoms with Crippen LogP contribution in [0, 0.1) is 0 Å². The van der Waals surface area contributed by atoms with Gasteiger partial charge in [0.25, 0.3) is 11.8 Å². The number of urea groups is 1. The van der Waals surface area contributed by atoms with Crippen molar-refractivity contribution in [2.24, 2.45) is 0 Å². The lowest BCUT2D eigenvalue weighted by Crippen LogP contribution is -2.49. The molecule has 1 aromatic carbocycles. The topological polar surface area (TPSA) is 108 Å². The van der Waals surface area contributed by atoms with E-state index in [9.17, 15) is 19.2 Å². The van der Waals surface area contributed by atoms with Crippen molar-refractivity contribution in [3.63, 3.8) is 0 Å². The van der Waals surface area contributed by atoms with Gasteiger partial charge >= 0.3 is 6.03 Å². The Morgan fingerprint density at radius 3 is 2.50 bits per heavy atom. The summed E-state index contributed by atoms with van der Waals surface area (Å²) in [7, 11) is 0. The molecule has 2 aliphatic heterocycles. The highest BCUT2D eigenvalue weighted by Gasteiger charge is 2.51. The second-order valence-corrected chi connectivity index (χ2v) is 9.41. The van der Waals surface area contributed by atoms with Crippen LogP contribution in [0.5, 0.6) is 5.75 Å². The number of likely N-dealkylation sites (tertiary alicyclic amines) is 1. The summed E-state index contributed by atoms with van der Waals surface area (Å²) in [6, 6.07) is 6.43. The van der Waals surface area contributed by atoms with Crippen LogP contribution in [-0.2, 0) is 14.4 Å². The molecule has 1 aromatic rings. The Hall–Kier alpha value is -3.10. The Morgan fingerprint density at radius 1 is 1.09 bits per heavy atom. The average Bonchev–Trinajstić information content (AvgIpc) is 3.46. The highest BCUT2D eigenvalue weighted by atomic mass is 16.5. The predicted molar refractivity (Wildman–Crippen MR) is 125 cm³/mol. The monoisotopic (exact) mass is 470 g/mol. The average molecular weight is 471 g/mol. The summed E-state index contributed by atoms with van der Waals surface area (Å²) < 4.78 is 5.85.